The Hall–Kier alpha value is -2.92. The van der Waals surface area contributed by atoms with Gasteiger partial charge in [-0.25, -0.2) is 22.7 Å². The van der Waals surface area contributed by atoms with E-state index in [1.807, 2.05) is 0 Å². The van der Waals surface area contributed by atoms with Crippen LogP contribution in [0.5, 0.6) is 0 Å². The molecule has 0 spiro atoms. The number of carbonyl (C=O) groups excluding carboxylic acids is 1. The molecule has 2 N–H and O–H groups in total. The summed E-state index contributed by atoms with van der Waals surface area (Å²) in [4.78, 5) is 20.7. The Balaban J connectivity index is 1.76. The maximum atomic E-state index is 13.9. The van der Waals surface area contributed by atoms with Crippen LogP contribution in [0, 0.1) is 11.6 Å². The number of nitrogens with one attached hydrogen (secondary N) is 1. The maximum Gasteiger partial charge on any atom is 0.264 e. The van der Waals surface area contributed by atoms with E-state index < -0.39 is 38.2 Å². The summed E-state index contributed by atoms with van der Waals surface area (Å²) in [6.07, 6.45) is 2.01. The van der Waals surface area contributed by atoms with Gasteiger partial charge in [-0.1, -0.05) is 29.4 Å². The molecule has 3 rings (SSSR count). The maximum absolute atomic E-state index is 13.9. The van der Waals surface area contributed by atoms with Gasteiger partial charge < -0.3 is 4.84 Å². The number of sulfone groups is 1. The number of aromatic nitrogens is 1. The van der Waals surface area contributed by atoms with Crippen LogP contribution in [0.15, 0.2) is 41.8 Å². The van der Waals surface area contributed by atoms with E-state index in [1.165, 1.54) is 24.5 Å². The number of halogens is 2. The van der Waals surface area contributed by atoms with E-state index in [0.717, 1.165) is 18.6 Å². The van der Waals surface area contributed by atoms with Crippen LogP contribution >= 0.6 is 0 Å². The van der Waals surface area contributed by atoms with Gasteiger partial charge in [-0.05, 0) is 18.1 Å². The largest absolute Gasteiger partial charge is 0.392 e. The molecule has 0 radical (unpaired) electrons. The number of pyridine rings is 1. The zero-order valence-electron chi connectivity index (χ0n) is 16.1. The Labute approximate surface area is 171 Å². The van der Waals surface area contributed by atoms with Gasteiger partial charge >= 0.3 is 0 Å². The Morgan fingerprint density at radius 3 is 2.33 bits per heavy atom. The van der Waals surface area contributed by atoms with Gasteiger partial charge in [-0.2, -0.15) is 0 Å². The van der Waals surface area contributed by atoms with Crippen LogP contribution in [0.3, 0.4) is 0 Å². The number of rotatable bonds is 6. The third-order valence-electron chi connectivity index (χ3n) is 5.11. The minimum Gasteiger partial charge on any atom is -0.392 e. The lowest BCUT2D eigenvalue weighted by Gasteiger charge is -2.26. The normalized spacial score (nSPS) is 18.3. The molecule has 0 aliphatic carbocycles. The van der Waals surface area contributed by atoms with Crippen LogP contribution in [0.1, 0.15) is 25.3 Å². The van der Waals surface area contributed by atoms with E-state index in [9.17, 15) is 22.0 Å². The quantitative estimate of drug-likeness (QED) is 0.526. The summed E-state index contributed by atoms with van der Waals surface area (Å²) in [5.41, 5.74) is 2.61. The lowest BCUT2D eigenvalue weighted by Crippen LogP contribution is -2.51. The van der Waals surface area contributed by atoms with Gasteiger partial charge in [0.1, 0.15) is 6.10 Å². The smallest absolute Gasteiger partial charge is 0.264 e. The molecule has 2 atom stereocenters. The lowest BCUT2D eigenvalue weighted by molar-refractivity contribution is -0.132. The molecule has 1 aromatic carbocycles. The Morgan fingerprint density at radius 1 is 1.23 bits per heavy atom. The summed E-state index contributed by atoms with van der Waals surface area (Å²) in [7, 11) is -3.87. The van der Waals surface area contributed by atoms with Crippen LogP contribution in [0.4, 0.5) is 8.78 Å². The summed E-state index contributed by atoms with van der Waals surface area (Å²) in [6.45, 7) is 1.20. The summed E-state index contributed by atoms with van der Waals surface area (Å²) in [5, 5.41) is 12.9. The van der Waals surface area contributed by atoms with Gasteiger partial charge in [0.2, 0.25) is 0 Å². The zero-order chi connectivity index (χ0) is 22.1. The summed E-state index contributed by atoms with van der Waals surface area (Å²) in [6, 6.07) is 6.25. The molecule has 0 saturated carbocycles. The molecule has 0 fully saturated rings. The number of carbonyl (C=O) groups is 1. The molecular formula is C19H19F2N3O5S. The average Bonchev–Trinajstić information content (AvgIpc) is 3.15. The first-order valence-electron chi connectivity index (χ1n) is 8.83. The van der Waals surface area contributed by atoms with Crippen LogP contribution in [-0.2, 0) is 19.5 Å². The van der Waals surface area contributed by atoms with Gasteiger partial charge in [0.25, 0.3) is 5.91 Å². The molecule has 11 heteroatoms. The molecule has 0 saturated heterocycles. The number of hydrogen-bond acceptors (Lipinski definition) is 7. The molecular weight excluding hydrogens is 420 g/mol. The SMILES string of the molecule is C[C@@](CC1CC(c2ccc(-c3c(F)cncc3F)cc2)=NO1)(C(=O)NO)S(C)(=O)=O. The first-order valence-corrected chi connectivity index (χ1v) is 10.7. The van der Waals surface area contributed by atoms with Crippen LogP contribution in [-0.4, -0.2) is 47.3 Å². The van der Waals surface area contributed by atoms with Gasteiger partial charge in [-0.15, -0.1) is 0 Å². The highest BCUT2D eigenvalue weighted by atomic mass is 32.2. The monoisotopic (exact) mass is 439 g/mol. The molecule has 1 aliphatic rings. The Morgan fingerprint density at radius 2 is 1.80 bits per heavy atom. The molecule has 1 unspecified atom stereocenters. The predicted molar refractivity (Wildman–Crippen MR) is 103 cm³/mol. The highest BCUT2D eigenvalue weighted by Gasteiger charge is 2.47. The Kier molecular flexibility index (Phi) is 5.86. The van der Waals surface area contributed by atoms with Crippen molar-refractivity contribution in [3.8, 4) is 11.1 Å². The summed E-state index contributed by atoms with van der Waals surface area (Å²) < 4.78 is 50.1. The second-order valence-electron chi connectivity index (χ2n) is 7.17. The first kappa shape index (κ1) is 21.8. The van der Waals surface area contributed by atoms with E-state index in [0.29, 0.717) is 16.8 Å². The minimum atomic E-state index is -3.87. The zero-order valence-corrected chi connectivity index (χ0v) is 16.9. The van der Waals surface area contributed by atoms with E-state index >= 15 is 0 Å². The first-order chi connectivity index (χ1) is 14.1. The van der Waals surface area contributed by atoms with Gasteiger partial charge in [-0.3, -0.25) is 15.0 Å². The van der Waals surface area contributed by atoms with Crippen LogP contribution < -0.4 is 5.48 Å². The molecule has 1 aromatic heterocycles. The molecule has 160 valence electrons. The van der Waals surface area contributed by atoms with Crippen molar-refractivity contribution in [3.05, 3.63) is 53.9 Å². The number of nitrogens with zero attached hydrogens (tertiary/aromatic N) is 2. The molecule has 1 amide bonds. The summed E-state index contributed by atoms with van der Waals surface area (Å²) in [5.74, 6) is -2.63. The standard InChI is InChI=1S/C19H19F2N3O5S/c1-19(18(25)23-26,30(2,27)28)8-13-7-16(24-29-13)11-3-5-12(6-4-11)17-14(20)9-22-10-15(17)21/h3-6,9-10,13,26H,7-8H2,1-2H3,(H,23,25)/t13?,19-/m1/s1. The van der Waals surface area contributed by atoms with Crippen LogP contribution in [0.25, 0.3) is 11.1 Å². The molecule has 8 nitrogen and oxygen atoms in total. The molecule has 1 aliphatic heterocycles. The second-order valence-corrected chi connectivity index (χ2v) is 9.62. The third-order valence-corrected chi connectivity index (χ3v) is 7.10. The van der Waals surface area contributed by atoms with Gasteiger partial charge in [0.15, 0.2) is 26.2 Å². The number of hydrogen-bond donors (Lipinski definition) is 2. The highest BCUT2D eigenvalue weighted by molar-refractivity contribution is 7.92. The van der Waals surface area contributed by atoms with Gasteiger partial charge in [0.05, 0.1) is 23.7 Å². The molecule has 30 heavy (non-hydrogen) atoms. The van der Waals surface area contributed by atoms with E-state index in [1.54, 1.807) is 12.1 Å². The number of benzene rings is 1. The van der Waals surface area contributed by atoms with Crippen molar-refractivity contribution < 1.29 is 32.0 Å². The van der Waals surface area contributed by atoms with Crippen molar-refractivity contribution in [3.63, 3.8) is 0 Å². The molecule has 0 bridgehead atoms. The van der Waals surface area contributed by atoms with Crippen molar-refractivity contribution in [1.29, 1.82) is 0 Å². The van der Waals surface area contributed by atoms with Crippen molar-refractivity contribution in [1.82, 2.24) is 10.5 Å². The van der Waals surface area contributed by atoms with E-state index in [4.69, 9.17) is 10.0 Å². The van der Waals surface area contributed by atoms with Gasteiger partial charge in [0, 0.05) is 19.1 Å². The van der Waals surface area contributed by atoms with Crippen molar-refractivity contribution in [2.75, 3.05) is 6.26 Å². The van der Waals surface area contributed by atoms with E-state index in [-0.39, 0.29) is 18.4 Å². The number of oxime groups is 1. The fourth-order valence-corrected chi connectivity index (χ4v) is 4.06. The average molecular weight is 439 g/mol. The fraction of sp³-hybridized carbons (Fsp3) is 0.316. The Bertz CT molecular complexity index is 1090. The predicted octanol–water partition coefficient (Wildman–Crippen LogP) is 2.22. The summed E-state index contributed by atoms with van der Waals surface area (Å²) >= 11 is 0. The highest BCUT2D eigenvalue weighted by Crippen LogP contribution is 2.30. The second kappa shape index (κ2) is 8.07. The minimum absolute atomic E-state index is 0.196. The number of hydroxylamine groups is 1. The van der Waals surface area contributed by atoms with Crippen molar-refractivity contribution >= 4 is 21.5 Å². The molecule has 2 aromatic rings. The molecule has 2 heterocycles. The van der Waals surface area contributed by atoms with Crippen molar-refractivity contribution in [2.24, 2.45) is 5.16 Å². The van der Waals surface area contributed by atoms with E-state index in [2.05, 4.69) is 10.1 Å². The topological polar surface area (TPSA) is 118 Å². The fourth-order valence-electron chi connectivity index (χ4n) is 3.19. The van der Waals surface area contributed by atoms with Crippen molar-refractivity contribution in [2.45, 2.75) is 30.6 Å². The number of amides is 1. The third kappa shape index (κ3) is 4.03. The van der Waals surface area contributed by atoms with Crippen LogP contribution in [0.2, 0.25) is 0 Å². The lowest BCUT2D eigenvalue weighted by atomic mass is 9.95.